The largest absolute Gasteiger partial charge is 0.508 e. The van der Waals surface area contributed by atoms with Gasteiger partial charge in [-0.1, -0.05) is 45.7 Å². The SMILES string of the molecule is COc1cc(/C=C2\C(=O)NC(=O)N(c3ccc(O)cc3)C2=O)cc(Cl)c1Cc1ccccc1Br. The van der Waals surface area contributed by atoms with Crippen molar-refractivity contribution in [1.29, 1.82) is 0 Å². The number of benzene rings is 3. The number of nitrogens with one attached hydrogen (secondary N) is 1. The summed E-state index contributed by atoms with van der Waals surface area (Å²) in [5, 5.41) is 12.0. The van der Waals surface area contributed by atoms with E-state index in [-0.39, 0.29) is 17.0 Å². The molecule has 0 bridgehead atoms. The van der Waals surface area contributed by atoms with Gasteiger partial charge in [-0.3, -0.25) is 14.9 Å². The number of halogens is 2. The molecule has 1 aliphatic rings. The zero-order chi connectivity index (χ0) is 24.4. The van der Waals surface area contributed by atoms with Gasteiger partial charge in [-0.25, -0.2) is 9.69 Å². The molecule has 4 amide bonds. The smallest absolute Gasteiger partial charge is 0.335 e. The van der Waals surface area contributed by atoms with Gasteiger partial charge in [0.15, 0.2) is 0 Å². The number of carbonyl (C=O) groups excluding carboxylic acids is 3. The maximum absolute atomic E-state index is 13.1. The van der Waals surface area contributed by atoms with Crippen molar-refractivity contribution >= 4 is 57.1 Å². The highest BCUT2D eigenvalue weighted by Crippen LogP contribution is 2.34. The Bertz CT molecular complexity index is 1340. The number of carbonyl (C=O) groups is 3. The van der Waals surface area contributed by atoms with Crippen molar-refractivity contribution < 1.29 is 24.2 Å². The first-order valence-corrected chi connectivity index (χ1v) is 11.3. The van der Waals surface area contributed by atoms with Crippen LogP contribution in [0, 0.1) is 0 Å². The molecule has 0 unspecified atom stereocenters. The number of phenols is 1. The molecule has 172 valence electrons. The van der Waals surface area contributed by atoms with Crippen LogP contribution in [0.5, 0.6) is 11.5 Å². The van der Waals surface area contributed by atoms with Crippen molar-refractivity contribution in [2.24, 2.45) is 0 Å². The summed E-state index contributed by atoms with van der Waals surface area (Å²) in [4.78, 5) is 38.7. The lowest BCUT2D eigenvalue weighted by Crippen LogP contribution is -2.54. The fourth-order valence-electron chi connectivity index (χ4n) is 3.56. The molecule has 0 spiro atoms. The standard InChI is InChI=1S/C25H18BrClN2O5/c1-34-22-12-14(11-21(27)18(22)13-15-4-2-3-5-20(15)26)10-19-23(31)28-25(33)29(24(19)32)16-6-8-17(30)9-7-16/h2-12,30H,13H2,1H3,(H,28,31,33)/b19-10+. The van der Waals surface area contributed by atoms with Crippen molar-refractivity contribution in [3.63, 3.8) is 0 Å². The molecule has 1 saturated heterocycles. The first-order chi connectivity index (χ1) is 16.3. The van der Waals surface area contributed by atoms with E-state index in [4.69, 9.17) is 16.3 Å². The van der Waals surface area contributed by atoms with E-state index in [1.807, 2.05) is 24.3 Å². The average Bonchev–Trinajstić information content (AvgIpc) is 2.80. The summed E-state index contributed by atoms with van der Waals surface area (Å²) in [5.74, 6) is -1.15. The molecule has 4 rings (SSSR count). The third-order valence-electron chi connectivity index (χ3n) is 5.24. The number of imide groups is 2. The van der Waals surface area contributed by atoms with Crippen LogP contribution >= 0.6 is 27.5 Å². The number of ether oxygens (including phenoxy) is 1. The molecule has 0 saturated carbocycles. The van der Waals surface area contributed by atoms with Crippen molar-refractivity contribution in [2.75, 3.05) is 12.0 Å². The molecule has 1 aliphatic heterocycles. The Balaban J connectivity index is 1.71. The van der Waals surface area contributed by atoms with Gasteiger partial charge in [0.2, 0.25) is 0 Å². The molecular formula is C25H18BrClN2O5. The monoisotopic (exact) mass is 540 g/mol. The van der Waals surface area contributed by atoms with Gasteiger partial charge in [0.1, 0.15) is 17.1 Å². The van der Waals surface area contributed by atoms with Crippen LogP contribution in [0.3, 0.4) is 0 Å². The topological polar surface area (TPSA) is 95.9 Å². The zero-order valence-corrected chi connectivity index (χ0v) is 20.2. The summed E-state index contributed by atoms with van der Waals surface area (Å²) in [6.07, 6.45) is 1.86. The Morgan fingerprint density at radius 1 is 1.09 bits per heavy atom. The van der Waals surface area contributed by atoms with E-state index in [1.165, 1.54) is 37.5 Å². The van der Waals surface area contributed by atoms with E-state index in [2.05, 4.69) is 21.2 Å². The van der Waals surface area contributed by atoms with Gasteiger partial charge < -0.3 is 9.84 Å². The van der Waals surface area contributed by atoms with Gasteiger partial charge in [-0.2, -0.15) is 0 Å². The predicted molar refractivity (Wildman–Crippen MR) is 132 cm³/mol. The summed E-state index contributed by atoms with van der Waals surface area (Å²) in [6.45, 7) is 0. The number of hydrogen-bond acceptors (Lipinski definition) is 5. The molecule has 9 heteroatoms. The molecule has 0 atom stereocenters. The third-order valence-corrected chi connectivity index (χ3v) is 6.35. The molecule has 7 nitrogen and oxygen atoms in total. The average molecular weight is 542 g/mol. The van der Waals surface area contributed by atoms with E-state index in [9.17, 15) is 19.5 Å². The second-order valence-corrected chi connectivity index (χ2v) is 8.69. The molecule has 1 heterocycles. The maximum Gasteiger partial charge on any atom is 0.335 e. The second-order valence-electron chi connectivity index (χ2n) is 7.43. The van der Waals surface area contributed by atoms with Crippen LogP contribution in [0.1, 0.15) is 16.7 Å². The van der Waals surface area contributed by atoms with Crippen LogP contribution in [-0.4, -0.2) is 30.1 Å². The van der Waals surface area contributed by atoms with Crippen LogP contribution in [-0.2, 0) is 16.0 Å². The molecule has 3 aromatic rings. The van der Waals surface area contributed by atoms with Crippen LogP contribution in [0.25, 0.3) is 6.08 Å². The number of urea groups is 1. The summed E-state index contributed by atoms with van der Waals surface area (Å²) in [5.41, 5.74) is 2.18. The quantitative estimate of drug-likeness (QED) is 0.347. The Kier molecular flexibility index (Phi) is 6.72. The van der Waals surface area contributed by atoms with Gasteiger partial charge in [0.25, 0.3) is 11.8 Å². The number of methoxy groups -OCH3 is 1. The lowest BCUT2D eigenvalue weighted by atomic mass is 10.0. The fraction of sp³-hybridized carbons (Fsp3) is 0.0800. The molecule has 34 heavy (non-hydrogen) atoms. The van der Waals surface area contributed by atoms with Crippen molar-refractivity contribution in [3.05, 3.63) is 92.4 Å². The van der Waals surface area contributed by atoms with Gasteiger partial charge in [-0.05, 0) is 59.7 Å². The van der Waals surface area contributed by atoms with E-state index >= 15 is 0 Å². The maximum atomic E-state index is 13.1. The lowest BCUT2D eigenvalue weighted by Gasteiger charge is -2.26. The molecule has 3 aromatic carbocycles. The summed E-state index contributed by atoms with van der Waals surface area (Å²) >= 11 is 10.1. The zero-order valence-electron chi connectivity index (χ0n) is 17.8. The minimum atomic E-state index is -0.878. The number of anilines is 1. The molecular weight excluding hydrogens is 524 g/mol. The number of phenolic OH excluding ortho intramolecular Hbond substituents is 1. The number of rotatable bonds is 5. The highest BCUT2D eigenvalue weighted by Gasteiger charge is 2.36. The van der Waals surface area contributed by atoms with Crippen molar-refractivity contribution in [2.45, 2.75) is 6.42 Å². The minimum Gasteiger partial charge on any atom is -0.508 e. The van der Waals surface area contributed by atoms with Gasteiger partial charge in [0.05, 0.1) is 12.8 Å². The Hall–Kier alpha value is -3.62. The van der Waals surface area contributed by atoms with Crippen LogP contribution < -0.4 is 15.0 Å². The Morgan fingerprint density at radius 3 is 2.47 bits per heavy atom. The summed E-state index contributed by atoms with van der Waals surface area (Å²) < 4.78 is 6.47. The highest BCUT2D eigenvalue weighted by molar-refractivity contribution is 9.10. The highest BCUT2D eigenvalue weighted by atomic mass is 79.9. The van der Waals surface area contributed by atoms with Gasteiger partial charge in [0, 0.05) is 21.5 Å². The molecule has 0 radical (unpaired) electrons. The molecule has 1 fully saturated rings. The van der Waals surface area contributed by atoms with Gasteiger partial charge >= 0.3 is 6.03 Å². The van der Waals surface area contributed by atoms with Crippen LogP contribution in [0.2, 0.25) is 5.02 Å². The number of amides is 4. The molecule has 2 N–H and O–H groups in total. The predicted octanol–water partition coefficient (Wildman–Crippen LogP) is 5.07. The Labute approximate surface area is 208 Å². The fourth-order valence-corrected chi connectivity index (χ4v) is 4.27. The van der Waals surface area contributed by atoms with Crippen molar-refractivity contribution in [1.82, 2.24) is 5.32 Å². The van der Waals surface area contributed by atoms with E-state index in [0.717, 1.165) is 20.5 Å². The first kappa shape index (κ1) is 23.5. The number of hydrogen-bond donors (Lipinski definition) is 2. The van der Waals surface area contributed by atoms with E-state index in [1.54, 1.807) is 12.1 Å². The lowest BCUT2D eigenvalue weighted by molar-refractivity contribution is -0.122. The number of aromatic hydroxyl groups is 1. The Morgan fingerprint density at radius 2 is 1.79 bits per heavy atom. The molecule has 0 aliphatic carbocycles. The van der Waals surface area contributed by atoms with E-state index in [0.29, 0.717) is 22.8 Å². The van der Waals surface area contributed by atoms with Crippen LogP contribution in [0.15, 0.2) is 70.7 Å². The van der Waals surface area contributed by atoms with E-state index < -0.39 is 17.8 Å². The summed E-state index contributed by atoms with van der Waals surface area (Å²) in [6, 6.07) is 15.6. The molecule has 0 aromatic heterocycles. The minimum absolute atomic E-state index is 0.0233. The summed E-state index contributed by atoms with van der Waals surface area (Å²) in [7, 11) is 1.51. The number of nitrogens with zero attached hydrogens (tertiary/aromatic N) is 1. The normalized spacial score (nSPS) is 15.0. The third kappa shape index (κ3) is 4.69. The van der Waals surface area contributed by atoms with Crippen LogP contribution in [0.4, 0.5) is 10.5 Å². The second kappa shape index (κ2) is 9.70. The van der Waals surface area contributed by atoms with Gasteiger partial charge in [-0.15, -0.1) is 0 Å². The number of barbiturate groups is 1. The van der Waals surface area contributed by atoms with Crippen molar-refractivity contribution in [3.8, 4) is 11.5 Å². The first-order valence-electron chi connectivity index (χ1n) is 10.1.